The van der Waals surface area contributed by atoms with Crippen LogP contribution in [0.1, 0.15) is 39.0 Å². The van der Waals surface area contributed by atoms with Gasteiger partial charge in [0.05, 0.1) is 11.5 Å². The molecule has 0 bridgehead atoms. The standard InChI is InChI=1S/C12H21NO4/c1-9(17-2)8-13-10(14)7-12(11(15)16)5-3-4-6-12/h9H,3-8H2,1-2H3,(H,13,14)(H,15,16). The van der Waals surface area contributed by atoms with E-state index >= 15 is 0 Å². The van der Waals surface area contributed by atoms with E-state index in [9.17, 15) is 14.7 Å². The molecule has 0 radical (unpaired) electrons. The van der Waals surface area contributed by atoms with Gasteiger partial charge in [0.2, 0.25) is 5.91 Å². The number of carboxylic acid groups (broad SMARTS) is 1. The Kier molecular flexibility index (Phi) is 4.93. The molecule has 1 atom stereocenters. The van der Waals surface area contributed by atoms with Gasteiger partial charge in [-0.15, -0.1) is 0 Å². The Labute approximate surface area is 102 Å². The van der Waals surface area contributed by atoms with Gasteiger partial charge >= 0.3 is 5.97 Å². The second-order valence-corrected chi connectivity index (χ2v) is 4.82. The highest BCUT2D eigenvalue weighted by Crippen LogP contribution is 2.41. The van der Waals surface area contributed by atoms with Crippen molar-refractivity contribution in [1.82, 2.24) is 5.32 Å². The fourth-order valence-corrected chi connectivity index (χ4v) is 2.23. The predicted octanol–water partition coefficient (Wildman–Crippen LogP) is 1.17. The normalized spacial score (nSPS) is 19.9. The minimum Gasteiger partial charge on any atom is -0.481 e. The predicted molar refractivity (Wildman–Crippen MR) is 62.6 cm³/mol. The molecule has 1 amide bonds. The second kappa shape index (κ2) is 6.00. The van der Waals surface area contributed by atoms with Crippen LogP contribution in [0.5, 0.6) is 0 Å². The van der Waals surface area contributed by atoms with Crippen LogP contribution in [-0.4, -0.2) is 36.7 Å². The van der Waals surface area contributed by atoms with Crippen LogP contribution in [0.3, 0.4) is 0 Å². The summed E-state index contributed by atoms with van der Waals surface area (Å²) in [6.45, 7) is 2.27. The number of carbonyl (C=O) groups is 2. The summed E-state index contributed by atoms with van der Waals surface area (Å²) in [6, 6.07) is 0. The van der Waals surface area contributed by atoms with E-state index in [4.69, 9.17) is 4.74 Å². The molecule has 0 saturated heterocycles. The topological polar surface area (TPSA) is 75.6 Å². The lowest BCUT2D eigenvalue weighted by Gasteiger charge is -2.23. The average molecular weight is 243 g/mol. The van der Waals surface area contributed by atoms with E-state index in [1.807, 2.05) is 6.92 Å². The first-order valence-electron chi connectivity index (χ1n) is 6.03. The maximum Gasteiger partial charge on any atom is 0.310 e. The van der Waals surface area contributed by atoms with Gasteiger partial charge in [0.25, 0.3) is 0 Å². The molecule has 5 nitrogen and oxygen atoms in total. The number of rotatable bonds is 6. The average Bonchev–Trinajstić information content (AvgIpc) is 2.75. The Balaban J connectivity index is 2.45. The molecule has 1 saturated carbocycles. The number of carbonyl (C=O) groups excluding carboxylic acids is 1. The van der Waals surface area contributed by atoms with Gasteiger partial charge < -0.3 is 15.2 Å². The molecule has 0 aliphatic heterocycles. The van der Waals surface area contributed by atoms with Crippen LogP contribution in [-0.2, 0) is 14.3 Å². The summed E-state index contributed by atoms with van der Waals surface area (Å²) in [5.74, 6) is -1.04. The molecule has 0 aromatic carbocycles. The van der Waals surface area contributed by atoms with Gasteiger partial charge in [-0.25, -0.2) is 0 Å². The van der Waals surface area contributed by atoms with E-state index in [1.54, 1.807) is 7.11 Å². The van der Waals surface area contributed by atoms with E-state index in [1.165, 1.54) is 0 Å². The summed E-state index contributed by atoms with van der Waals surface area (Å²) in [4.78, 5) is 22.9. The molecule has 1 unspecified atom stereocenters. The Hall–Kier alpha value is -1.10. The molecule has 1 fully saturated rings. The number of methoxy groups -OCH3 is 1. The van der Waals surface area contributed by atoms with Crippen molar-refractivity contribution in [3.63, 3.8) is 0 Å². The highest BCUT2D eigenvalue weighted by molar-refractivity contribution is 5.85. The number of nitrogens with one attached hydrogen (secondary N) is 1. The monoisotopic (exact) mass is 243 g/mol. The lowest BCUT2D eigenvalue weighted by molar-refractivity contribution is -0.151. The summed E-state index contributed by atoms with van der Waals surface area (Å²) in [7, 11) is 1.58. The zero-order valence-electron chi connectivity index (χ0n) is 10.5. The highest BCUT2D eigenvalue weighted by atomic mass is 16.5. The largest absolute Gasteiger partial charge is 0.481 e. The number of hydrogen-bond acceptors (Lipinski definition) is 3. The smallest absolute Gasteiger partial charge is 0.310 e. The Morgan fingerprint density at radius 3 is 2.47 bits per heavy atom. The van der Waals surface area contributed by atoms with Gasteiger partial charge in [-0.2, -0.15) is 0 Å². The van der Waals surface area contributed by atoms with Crippen molar-refractivity contribution < 1.29 is 19.4 Å². The third-order valence-corrected chi connectivity index (χ3v) is 3.50. The summed E-state index contributed by atoms with van der Waals surface area (Å²) in [6.07, 6.45) is 3.04. The molecule has 0 aromatic heterocycles. The van der Waals surface area contributed by atoms with Crippen molar-refractivity contribution >= 4 is 11.9 Å². The van der Waals surface area contributed by atoms with E-state index in [-0.39, 0.29) is 18.4 Å². The van der Waals surface area contributed by atoms with Gasteiger partial charge in [0.1, 0.15) is 0 Å². The minimum absolute atomic E-state index is 0.0525. The zero-order chi connectivity index (χ0) is 12.9. The molecular formula is C12H21NO4. The first kappa shape index (κ1) is 14.0. The zero-order valence-corrected chi connectivity index (χ0v) is 10.5. The molecule has 1 aliphatic rings. The van der Waals surface area contributed by atoms with Gasteiger partial charge in [0.15, 0.2) is 0 Å². The summed E-state index contributed by atoms with van der Waals surface area (Å²) in [5.41, 5.74) is -0.833. The summed E-state index contributed by atoms with van der Waals surface area (Å²) < 4.78 is 5.01. The number of aliphatic carboxylic acids is 1. The quantitative estimate of drug-likeness (QED) is 0.734. The number of ether oxygens (including phenoxy) is 1. The van der Waals surface area contributed by atoms with Gasteiger partial charge in [0, 0.05) is 20.1 Å². The van der Waals surface area contributed by atoms with Crippen LogP contribution < -0.4 is 5.32 Å². The van der Waals surface area contributed by atoms with E-state index in [0.29, 0.717) is 19.4 Å². The first-order chi connectivity index (χ1) is 8.00. The fraction of sp³-hybridized carbons (Fsp3) is 0.833. The molecule has 0 spiro atoms. The molecule has 0 aromatic rings. The van der Waals surface area contributed by atoms with Crippen LogP contribution in [0.4, 0.5) is 0 Å². The molecule has 5 heteroatoms. The van der Waals surface area contributed by atoms with Crippen molar-refractivity contribution in [2.75, 3.05) is 13.7 Å². The van der Waals surface area contributed by atoms with Crippen LogP contribution in [0.25, 0.3) is 0 Å². The van der Waals surface area contributed by atoms with Crippen LogP contribution in [0.2, 0.25) is 0 Å². The van der Waals surface area contributed by atoms with Crippen molar-refractivity contribution in [2.24, 2.45) is 5.41 Å². The number of carboxylic acids is 1. The van der Waals surface area contributed by atoms with Gasteiger partial charge in [-0.3, -0.25) is 9.59 Å². The molecular weight excluding hydrogens is 222 g/mol. The van der Waals surface area contributed by atoms with Crippen molar-refractivity contribution in [2.45, 2.75) is 45.1 Å². The van der Waals surface area contributed by atoms with Crippen molar-refractivity contribution in [3.05, 3.63) is 0 Å². The Morgan fingerprint density at radius 2 is 2.00 bits per heavy atom. The second-order valence-electron chi connectivity index (χ2n) is 4.82. The van der Waals surface area contributed by atoms with E-state index in [2.05, 4.69) is 5.32 Å². The van der Waals surface area contributed by atoms with Crippen molar-refractivity contribution in [3.8, 4) is 0 Å². The SMILES string of the molecule is COC(C)CNC(=O)CC1(C(=O)O)CCCC1. The molecule has 17 heavy (non-hydrogen) atoms. The van der Waals surface area contributed by atoms with E-state index < -0.39 is 11.4 Å². The molecule has 0 heterocycles. The van der Waals surface area contributed by atoms with Gasteiger partial charge in [-0.05, 0) is 19.8 Å². The third kappa shape index (κ3) is 3.70. The van der Waals surface area contributed by atoms with Crippen LogP contribution in [0, 0.1) is 5.41 Å². The fourth-order valence-electron chi connectivity index (χ4n) is 2.23. The summed E-state index contributed by atoms with van der Waals surface area (Å²) >= 11 is 0. The summed E-state index contributed by atoms with van der Waals surface area (Å²) in [5, 5.41) is 11.9. The molecule has 1 rings (SSSR count). The Bertz CT molecular complexity index is 284. The lowest BCUT2D eigenvalue weighted by Crippen LogP contribution is -2.38. The maximum atomic E-state index is 11.7. The van der Waals surface area contributed by atoms with Crippen molar-refractivity contribution in [1.29, 1.82) is 0 Å². The Morgan fingerprint density at radius 1 is 1.41 bits per heavy atom. The lowest BCUT2D eigenvalue weighted by atomic mass is 9.82. The molecule has 1 aliphatic carbocycles. The molecule has 98 valence electrons. The van der Waals surface area contributed by atoms with Crippen LogP contribution >= 0.6 is 0 Å². The van der Waals surface area contributed by atoms with Gasteiger partial charge in [-0.1, -0.05) is 12.8 Å². The van der Waals surface area contributed by atoms with E-state index in [0.717, 1.165) is 12.8 Å². The minimum atomic E-state index is -0.843. The number of hydrogen-bond donors (Lipinski definition) is 2. The molecule has 2 N–H and O–H groups in total. The highest BCUT2D eigenvalue weighted by Gasteiger charge is 2.42. The number of amides is 1. The third-order valence-electron chi connectivity index (χ3n) is 3.50. The maximum absolute atomic E-state index is 11.7. The van der Waals surface area contributed by atoms with Crippen LogP contribution in [0.15, 0.2) is 0 Å². The first-order valence-corrected chi connectivity index (χ1v) is 6.03.